The van der Waals surface area contributed by atoms with Crippen LogP contribution in [0.1, 0.15) is 56.1 Å². The van der Waals surface area contributed by atoms with Crippen molar-refractivity contribution in [1.29, 1.82) is 0 Å². The third-order valence-corrected chi connectivity index (χ3v) is 11.4. The smallest absolute Gasteiger partial charge is 0.289 e. The Morgan fingerprint density at radius 3 is 2.23 bits per heavy atom. The van der Waals surface area contributed by atoms with Crippen LogP contribution in [0.3, 0.4) is 0 Å². The Balaban J connectivity index is 1.53. The zero-order chi connectivity index (χ0) is 32.0. The molecule has 9 nitrogen and oxygen atoms in total. The zero-order valence-electron chi connectivity index (χ0n) is 24.8. The number of nitro groups is 1. The number of hydrogen-bond acceptors (Lipinski definition) is 7. The van der Waals surface area contributed by atoms with Crippen LogP contribution < -0.4 is 4.72 Å². The van der Waals surface area contributed by atoms with Crippen LogP contribution in [0, 0.1) is 17.0 Å². The number of nitro benzene ring substituents is 1. The monoisotopic (exact) mass is 708 g/mol. The first kappa shape index (κ1) is 36.0. The fourth-order valence-corrected chi connectivity index (χ4v) is 8.49. The van der Waals surface area contributed by atoms with Crippen LogP contribution in [0.25, 0.3) is 0 Å². The van der Waals surface area contributed by atoms with Gasteiger partial charge in [0, 0.05) is 29.4 Å². The average Bonchev–Trinajstić information content (AvgIpc) is 3.01. The number of ether oxygens (including phenoxy) is 1. The van der Waals surface area contributed by atoms with Crippen molar-refractivity contribution in [3.63, 3.8) is 0 Å². The summed E-state index contributed by atoms with van der Waals surface area (Å²) in [6, 6.07) is 21.2. The minimum atomic E-state index is -4.38. The van der Waals surface area contributed by atoms with Gasteiger partial charge >= 0.3 is 0 Å². The number of aryl methyl sites for hydroxylation is 1. The average molecular weight is 710 g/mol. The normalized spacial score (nSPS) is 14.5. The van der Waals surface area contributed by atoms with Crippen molar-refractivity contribution >= 4 is 42.4 Å². The largest absolute Gasteiger partial charge is 0.392 e. The highest BCUT2D eigenvalue weighted by Crippen LogP contribution is 2.26. The first-order valence-electron chi connectivity index (χ1n) is 14.7. The summed E-state index contributed by atoms with van der Waals surface area (Å²) in [5.41, 5.74) is 1.59. The summed E-state index contributed by atoms with van der Waals surface area (Å²) >= 11 is 3.47. The molecule has 0 spiro atoms. The molecule has 0 amide bonds. The molecule has 2 N–H and O–H groups in total. The second-order valence-corrected chi connectivity index (χ2v) is 15.0. The number of alkyl halides is 1. The lowest BCUT2D eigenvalue weighted by Crippen LogP contribution is -2.48. The third-order valence-electron chi connectivity index (χ3n) is 7.17. The Hall–Kier alpha value is -2.48. The van der Waals surface area contributed by atoms with Gasteiger partial charge in [0.1, 0.15) is 0 Å². The van der Waals surface area contributed by atoms with Crippen molar-refractivity contribution in [2.75, 3.05) is 12.4 Å². The van der Waals surface area contributed by atoms with E-state index < -0.39 is 53.3 Å². The minimum absolute atomic E-state index is 0.137. The molecule has 0 saturated heterocycles. The molecule has 3 aromatic carbocycles. The Labute approximate surface area is 271 Å². The number of nitrogens with one attached hydrogen (secondary N) is 1. The SMILES string of the molecule is Cc1ccc(S(=O)C[C@H](NS(=O)(=O)c2ccccc2[N+](=O)[O-])[C@@H](Br)[C@@H](O)CCCCCCCCOCc2ccccc2)cc1. The van der Waals surface area contributed by atoms with Crippen LogP contribution in [0.5, 0.6) is 0 Å². The number of hydrogen-bond donors (Lipinski definition) is 2. The van der Waals surface area contributed by atoms with Gasteiger partial charge in [-0.2, -0.15) is 0 Å². The van der Waals surface area contributed by atoms with Crippen LogP contribution in [-0.2, 0) is 32.2 Å². The molecule has 3 aromatic rings. The molecule has 1 unspecified atom stereocenters. The lowest BCUT2D eigenvalue weighted by Gasteiger charge is -2.27. The van der Waals surface area contributed by atoms with Crippen LogP contribution in [0.15, 0.2) is 88.7 Å². The second-order valence-electron chi connectivity index (χ2n) is 10.7. The molecule has 240 valence electrons. The number of aliphatic hydroxyl groups is 1. The fraction of sp³-hybridized carbons (Fsp3) is 0.438. The predicted octanol–water partition coefficient (Wildman–Crippen LogP) is 6.43. The van der Waals surface area contributed by atoms with Crippen molar-refractivity contribution in [2.24, 2.45) is 0 Å². The lowest BCUT2D eigenvalue weighted by molar-refractivity contribution is -0.387. The number of benzene rings is 3. The molecule has 3 rings (SSSR count). The highest BCUT2D eigenvalue weighted by molar-refractivity contribution is 9.09. The summed E-state index contributed by atoms with van der Waals surface area (Å²) in [7, 11) is -5.98. The van der Waals surface area contributed by atoms with E-state index in [1.165, 1.54) is 12.1 Å². The Morgan fingerprint density at radius 1 is 0.932 bits per heavy atom. The van der Waals surface area contributed by atoms with Crippen molar-refractivity contribution < 1.29 is 27.4 Å². The number of sulfonamides is 1. The first-order chi connectivity index (χ1) is 21.1. The van der Waals surface area contributed by atoms with Gasteiger partial charge in [-0.15, -0.1) is 0 Å². The number of aliphatic hydroxyl groups excluding tert-OH is 1. The van der Waals surface area contributed by atoms with Gasteiger partial charge in [0.25, 0.3) is 5.69 Å². The Bertz CT molecular complexity index is 1440. The maximum Gasteiger partial charge on any atom is 0.289 e. The molecule has 12 heteroatoms. The van der Waals surface area contributed by atoms with Gasteiger partial charge in [0.15, 0.2) is 4.90 Å². The minimum Gasteiger partial charge on any atom is -0.392 e. The van der Waals surface area contributed by atoms with Gasteiger partial charge in [0.2, 0.25) is 10.0 Å². The van der Waals surface area contributed by atoms with Crippen molar-refractivity contribution in [3.05, 3.63) is 100 Å². The van der Waals surface area contributed by atoms with Crippen LogP contribution >= 0.6 is 15.9 Å². The van der Waals surface area contributed by atoms with E-state index >= 15 is 0 Å². The molecular formula is C32H41BrN2O7S2. The molecule has 0 bridgehead atoms. The molecule has 0 aliphatic carbocycles. The number of halogens is 1. The molecule has 0 radical (unpaired) electrons. The van der Waals surface area contributed by atoms with Gasteiger partial charge in [-0.05, 0) is 43.5 Å². The second kappa shape index (κ2) is 18.5. The molecule has 4 atom stereocenters. The van der Waals surface area contributed by atoms with E-state index in [1.54, 1.807) is 12.1 Å². The summed E-state index contributed by atoms with van der Waals surface area (Å²) < 4.78 is 48.1. The number of rotatable bonds is 20. The van der Waals surface area contributed by atoms with Gasteiger partial charge in [-0.25, -0.2) is 13.1 Å². The quantitative estimate of drug-likeness (QED) is 0.0598. The predicted molar refractivity (Wildman–Crippen MR) is 177 cm³/mol. The van der Waals surface area contributed by atoms with Gasteiger partial charge in [-0.3, -0.25) is 14.3 Å². The van der Waals surface area contributed by atoms with E-state index in [9.17, 15) is 27.8 Å². The van der Waals surface area contributed by atoms with Crippen molar-refractivity contribution in [1.82, 2.24) is 4.72 Å². The van der Waals surface area contributed by atoms with E-state index in [2.05, 4.69) is 20.7 Å². The van der Waals surface area contributed by atoms with Crippen LogP contribution in [0.2, 0.25) is 0 Å². The molecule has 0 fully saturated rings. The number of para-hydroxylation sites is 1. The number of nitrogens with zero attached hydrogens (tertiary/aromatic N) is 1. The highest BCUT2D eigenvalue weighted by Gasteiger charge is 2.34. The van der Waals surface area contributed by atoms with E-state index in [-0.39, 0.29) is 5.75 Å². The maximum atomic E-state index is 13.3. The van der Waals surface area contributed by atoms with Gasteiger partial charge < -0.3 is 9.84 Å². The van der Waals surface area contributed by atoms with Crippen molar-refractivity contribution in [2.45, 2.75) is 85.2 Å². The van der Waals surface area contributed by atoms with Gasteiger partial charge in [-0.1, -0.05) is 108 Å². The third kappa shape index (κ3) is 11.8. The summed E-state index contributed by atoms with van der Waals surface area (Å²) in [6.07, 6.45) is 5.21. The molecule has 0 aromatic heterocycles. The van der Waals surface area contributed by atoms with E-state index in [1.807, 2.05) is 49.4 Å². The van der Waals surface area contributed by atoms with Crippen molar-refractivity contribution in [3.8, 4) is 0 Å². The molecule has 0 heterocycles. The van der Waals surface area contributed by atoms with E-state index in [4.69, 9.17) is 4.74 Å². The molecule has 0 aliphatic heterocycles. The topological polar surface area (TPSA) is 136 Å². The highest BCUT2D eigenvalue weighted by atomic mass is 79.9. The summed E-state index contributed by atoms with van der Waals surface area (Å²) in [5, 5.41) is 22.5. The molecular weight excluding hydrogens is 668 g/mol. The Kier molecular flexibility index (Phi) is 15.1. The zero-order valence-corrected chi connectivity index (χ0v) is 28.1. The molecule has 0 saturated carbocycles. The summed E-state index contributed by atoms with van der Waals surface area (Å²) in [4.78, 5) is 10.00. The summed E-state index contributed by atoms with van der Waals surface area (Å²) in [5.74, 6) is -0.137. The molecule has 0 aliphatic rings. The number of unbranched alkanes of at least 4 members (excludes halogenated alkanes) is 5. The standard InChI is InChI=1S/C32H41BrN2O7S2/c1-25-18-20-27(21-19-25)43(39)24-28(34-44(40,41)31-17-11-10-15-29(31)35(37)38)32(33)30(36)16-9-4-2-3-5-12-22-42-23-26-13-7-6-8-14-26/h6-8,10-11,13-15,17-21,28,30,32,34,36H,2-5,9,12,16,22-24H2,1H3/t28-,30-,32+,43?/m0/s1. The Morgan fingerprint density at radius 2 is 1.55 bits per heavy atom. The lowest BCUT2D eigenvalue weighted by atomic mass is 10.0. The van der Waals surface area contributed by atoms with Crippen LogP contribution in [0.4, 0.5) is 5.69 Å². The maximum absolute atomic E-state index is 13.3. The van der Waals surface area contributed by atoms with Crippen LogP contribution in [-0.4, -0.2) is 52.0 Å². The molecule has 44 heavy (non-hydrogen) atoms. The van der Waals surface area contributed by atoms with E-state index in [0.717, 1.165) is 61.8 Å². The van der Waals surface area contributed by atoms with E-state index in [0.29, 0.717) is 24.5 Å². The van der Waals surface area contributed by atoms with Gasteiger partial charge in [0.05, 0.1) is 33.3 Å². The first-order valence-corrected chi connectivity index (χ1v) is 18.4. The summed E-state index contributed by atoms with van der Waals surface area (Å²) in [6.45, 7) is 3.24. The fourth-order valence-electron chi connectivity index (χ4n) is 4.69.